The van der Waals surface area contributed by atoms with Crippen LogP contribution in [0.25, 0.3) is 0 Å². The van der Waals surface area contributed by atoms with Crippen molar-refractivity contribution in [3.63, 3.8) is 0 Å². The molecule has 5 nitrogen and oxygen atoms in total. The normalized spacial score (nSPS) is 10.7. The molecule has 0 fully saturated rings. The monoisotopic (exact) mass is 280 g/mol. The molecule has 1 aromatic heterocycles. The number of rotatable bonds is 7. The van der Waals surface area contributed by atoms with Crippen molar-refractivity contribution in [2.45, 2.75) is 26.8 Å². The summed E-state index contributed by atoms with van der Waals surface area (Å²) in [7, 11) is 0. The van der Waals surface area contributed by atoms with Crippen LogP contribution < -0.4 is 11.3 Å². The maximum atomic E-state index is 11.4. The number of nitrogens with two attached hydrogens (primary N) is 1. The molecule has 1 aromatic rings. The van der Waals surface area contributed by atoms with Gasteiger partial charge in [-0.1, -0.05) is 13.8 Å². The molecule has 3 N–H and O–H groups in total. The zero-order valence-electron chi connectivity index (χ0n) is 11.3. The first kappa shape index (κ1) is 15.6. The molecule has 1 heterocycles. The van der Waals surface area contributed by atoms with E-state index in [0.717, 1.165) is 24.5 Å². The van der Waals surface area contributed by atoms with Crippen molar-refractivity contribution >= 4 is 17.2 Å². The smallest absolute Gasteiger partial charge is 0.275 e. The van der Waals surface area contributed by atoms with Gasteiger partial charge in [0.1, 0.15) is 0 Å². The summed E-state index contributed by atoms with van der Waals surface area (Å²) in [6.45, 7) is 6.77. The summed E-state index contributed by atoms with van der Waals surface area (Å²) < 4.78 is 0. The minimum atomic E-state index is -0.260. The number of nitriles is 1. The van der Waals surface area contributed by atoms with Crippen LogP contribution in [0.5, 0.6) is 0 Å². The van der Waals surface area contributed by atoms with Gasteiger partial charge in [-0.3, -0.25) is 15.1 Å². The second-order valence-electron chi connectivity index (χ2n) is 4.78. The number of nitrogen functional groups attached to an aromatic ring is 1. The number of hydrogen-bond donors (Lipinski definition) is 2. The van der Waals surface area contributed by atoms with E-state index in [1.165, 1.54) is 11.3 Å². The first-order valence-electron chi connectivity index (χ1n) is 6.25. The van der Waals surface area contributed by atoms with Crippen molar-refractivity contribution < 1.29 is 4.79 Å². The standard InChI is InChI=1S/C13H20N4OS/c1-10(2)8-17(7-3-6-14)9-11-4-5-12(19-11)13(18)16-15/h4-5,10H,3,7-9,15H2,1-2H3,(H,16,18). The summed E-state index contributed by atoms with van der Waals surface area (Å²) in [4.78, 5) is 15.3. The highest BCUT2D eigenvalue weighted by molar-refractivity contribution is 7.14. The molecule has 0 atom stereocenters. The van der Waals surface area contributed by atoms with Gasteiger partial charge < -0.3 is 0 Å². The Morgan fingerprint density at radius 1 is 1.58 bits per heavy atom. The molecular formula is C13H20N4OS. The molecule has 19 heavy (non-hydrogen) atoms. The quantitative estimate of drug-likeness (QED) is 0.452. The van der Waals surface area contributed by atoms with Crippen molar-refractivity contribution in [1.82, 2.24) is 10.3 Å². The third-order valence-electron chi connectivity index (χ3n) is 2.56. The van der Waals surface area contributed by atoms with E-state index >= 15 is 0 Å². The van der Waals surface area contributed by atoms with Gasteiger partial charge in [0.05, 0.1) is 10.9 Å². The molecule has 0 aliphatic rings. The van der Waals surface area contributed by atoms with Crippen LogP contribution in [0.1, 0.15) is 34.8 Å². The molecule has 0 saturated carbocycles. The number of nitrogens with zero attached hydrogens (tertiary/aromatic N) is 2. The van der Waals surface area contributed by atoms with E-state index in [-0.39, 0.29) is 5.91 Å². The topological polar surface area (TPSA) is 82.2 Å². The van der Waals surface area contributed by atoms with E-state index in [1.54, 1.807) is 6.07 Å². The highest BCUT2D eigenvalue weighted by Crippen LogP contribution is 2.19. The number of carbonyl (C=O) groups excluding carboxylic acids is 1. The van der Waals surface area contributed by atoms with Gasteiger partial charge in [0.2, 0.25) is 0 Å². The van der Waals surface area contributed by atoms with Crippen LogP contribution in [0.15, 0.2) is 12.1 Å². The maximum absolute atomic E-state index is 11.4. The third kappa shape index (κ3) is 5.39. The van der Waals surface area contributed by atoms with Gasteiger partial charge in [0.25, 0.3) is 5.91 Å². The first-order chi connectivity index (χ1) is 9.06. The highest BCUT2D eigenvalue weighted by Gasteiger charge is 2.12. The van der Waals surface area contributed by atoms with Crippen molar-refractivity contribution in [3.8, 4) is 6.07 Å². The second-order valence-corrected chi connectivity index (χ2v) is 5.94. The van der Waals surface area contributed by atoms with Gasteiger partial charge in [-0.15, -0.1) is 11.3 Å². The van der Waals surface area contributed by atoms with Gasteiger partial charge >= 0.3 is 0 Å². The van der Waals surface area contributed by atoms with Crippen LogP contribution >= 0.6 is 11.3 Å². The Kier molecular flexibility index (Phi) is 6.50. The summed E-state index contributed by atoms with van der Waals surface area (Å²) in [6, 6.07) is 5.89. The Labute approximate surface area is 118 Å². The number of carbonyl (C=O) groups is 1. The molecule has 0 saturated heterocycles. The van der Waals surface area contributed by atoms with Crippen molar-refractivity contribution in [2.24, 2.45) is 11.8 Å². The average molecular weight is 280 g/mol. The van der Waals surface area contributed by atoms with Crippen LogP contribution in [-0.2, 0) is 6.54 Å². The number of amides is 1. The Balaban J connectivity index is 2.65. The van der Waals surface area contributed by atoms with Gasteiger partial charge in [0.15, 0.2) is 0 Å². The van der Waals surface area contributed by atoms with E-state index in [0.29, 0.717) is 17.2 Å². The SMILES string of the molecule is CC(C)CN(CCC#N)Cc1ccc(C(=O)NN)s1. The maximum Gasteiger partial charge on any atom is 0.275 e. The van der Waals surface area contributed by atoms with Gasteiger partial charge in [-0.05, 0) is 18.1 Å². The highest BCUT2D eigenvalue weighted by atomic mass is 32.1. The summed E-state index contributed by atoms with van der Waals surface area (Å²) in [5, 5.41) is 8.68. The number of hydrazine groups is 1. The molecule has 104 valence electrons. The fraction of sp³-hybridized carbons (Fsp3) is 0.538. The predicted molar refractivity (Wildman–Crippen MR) is 76.3 cm³/mol. The van der Waals surface area contributed by atoms with Crippen LogP contribution in [0.4, 0.5) is 0 Å². The molecule has 0 radical (unpaired) electrons. The molecule has 0 aromatic carbocycles. The second kappa shape index (κ2) is 7.89. The summed E-state index contributed by atoms with van der Waals surface area (Å²) in [5.41, 5.74) is 2.13. The van der Waals surface area contributed by atoms with E-state index in [4.69, 9.17) is 11.1 Å². The fourth-order valence-electron chi connectivity index (χ4n) is 1.84. The first-order valence-corrected chi connectivity index (χ1v) is 7.07. The third-order valence-corrected chi connectivity index (χ3v) is 3.63. The Morgan fingerprint density at radius 2 is 2.32 bits per heavy atom. The number of thiophene rings is 1. The van der Waals surface area contributed by atoms with Crippen molar-refractivity contribution in [3.05, 3.63) is 21.9 Å². The van der Waals surface area contributed by atoms with Crippen LogP contribution in [0.2, 0.25) is 0 Å². The Bertz CT molecular complexity index is 450. The van der Waals surface area contributed by atoms with Crippen LogP contribution in [0, 0.1) is 17.2 Å². The molecule has 6 heteroatoms. The molecule has 1 amide bonds. The van der Waals surface area contributed by atoms with E-state index in [9.17, 15) is 4.79 Å². The minimum Gasteiger partial charge on any atom is -0.297 e. The van der Waals surface area contributed by atoms with Crippen molar-refractivity contribution in [2.75, 3.05) is 13.1 Å². The van der Waals surface area contributed by atoms with Crippen LogP contribution in [0.3, 0.4) is 0 Å². The van der Waals surface area contributed by atoms with Gasteiger partial charge in [0, 0.05) is 30.9 Å². The predicted octanol–water partition coefficient (Wildman–Crippen LogP) is 1.72. The lowest BCUT2D eigenvalue weighted by molar-refractivity contribution is 0.0957. The molecule has 0 aliphatic carbocycles. The summed E-state index contributed by atoms with van der Waals surface area (Å²) >= 11 is 1.44. The Hall–Kier alpha value is -1.42. The zero-order chi connectivity index (χ0) is 14.3. The van der Waals surface area contributed by atoms with E-state index in [2.05, 4.69) is 30.2 Å². The van der Waals surface area contributed by atoms with Gasteiger partial charge in [-0.25, -0.2) is 5.84 Å². The zero-order valence-corrected chi connectivity index (χ0v) is 12.2. The van der Waals surface area contributed by atoms with Crippen LogP contribution in [-0.4, -0.2) is 23.9 Å². The van der Waals surface area contributed by atoms with Crippen molar-refractivity contribution in [1.29, 1.82) is 5.26 Å². The molecule has 0 unspecified atom stereocenters. The molecule has 0 bridgehead atoms. The molecule has 1 rings (SSSR count). The molecular weight excluding hydrogens is 260 g/mol. The molecule has 0 aliphatic heterocycles. The van der Waals surface area contributed by atoms with Gasteiger partial charge in [-0.2, -0.15) is 5.26 Å². The lowest BCUT2D eigenvalue weighted by Crippen LogP contribution is -2.29. The lowest BCUT2D eigenvalue weighted by Gasteiger charge is -2.22. The van der Waals surface area contributed by atoms with E-state index in [1.807, 2.05) is 6.07 Å². The summed E-state index contributed by atoms with van der Waals surface area (Å²) in [6.07, 6.45) is 0.522. The average Bonchev–Trinajstić information content (AvgIpc) is 2.82. The fourth-order valence-corrected chi connectivity index (χ4v) is 2.79. The summed E-state index contributed by atoms with van der Waals surface area (Å²) in [5.74, 6) is 5.39. The minimum absolute atomic E-state index is 0.260. The lowest BCUT2D eigenvalue weighted by atomic mass is 10.2. The number of nitrogens with one attached hydrogen (secondary N) is 1. The molecule has 0 spiro atoms. The largest absolute Gasteiger partial charge is 0.297 e. The Morgan fingerprint density at radius 3 is 2.89 bits per heavy atom. The van der Waals surface area contributed by atoms with E-state index < -0.39 is 0 Å². The number of hydrogen-bond acceptors (Lipinski definition) is 5.